The number of piperidine rings is 1. The van der Waals surface area contributed by atoms with E-state index in [1.807, 2.05) is 18.2 Å². The number of amides is 1. The summed E-state index contributed by atoms with van der Waals surface area (Å²) in [5.74, 6) is 2.00. The summed E-state index contributed by atoms with van der Waals surface area (Å²) in [6.07, 6.45) is 6.22. The predicted molar refractivity (Wildman–Crippen MR) is 139 cm³/mol. The molecule has 1 unspecified atom stereocenters. The predicted octanol–water partition coefficient (Wildman–Crippen LogP) is 5.62. The molecule has 202 valence electrons. The molecule has 1 N–H and O–H groups in total. The quantitative estimate of drug-likeness (QED) is 0.449. The number of rotatable bonds is 6. The normalized spacial score (nSPS) is 24.3. The number of likely N-dealkylation sites (tertiary alicyclic amines) is 1. The first-order chi connectivity index (χ1) is 18.6. The molecule has 3 aromatic rings. The van der Waals surface area contributed by atoms with E-state index in [2.05, 4.69) is 15.4 Å². The summed E-state index contributed by atoms with van der Waals surface area (Å²) in [7, 11) is 0. The van der Waals surface area contributed by atoms with Crippen LogP contribution in [0.5, 0.6) is 11.5 Å². The zero-order valence-corrected chi connectivity index (χ0v) is 21.4. The number of fused-ring (bicyclic) bond motifs is 2. The van der Waals surface area contributed by atoms with Gasteiger partial charge in [0.1, 0.15) is 5.82 Å². The average Bonchev–Trinajstić information content (AvgIpc) is 3.36. The minimum Gasteiger partial charge on any atom is -0.482 e. The van der Waals surface area contributed by atoms with Crippen LogP contribution >= 0.6 is 0 Å². The highest BCUT2D eigenvalue weighted by molar-refractivity contribution is 5.79. The van der Waals surface area contributed by atoms with Gasteiger partial charge in [-0.3, -0.25) is 0 Å². The molecule has 38 heavy (non-hydrogen) atoms. The van der Waals surface area contributed by atoms with E-state index in [-0.39, 0.29) is 18.5 Å². The van der Waals surface area contributed by atoms with E-state index in [0.29, 0.717) is 28.9 Å². The van der Waals surface area contributed by atoms with Crippen LogP contribution in [0, 0.1) is 11.7 Å². The number of aromatic nitrogens is 1. The van der Waals surface area contributed by atoms with Gasteiger partial charge >= 0.3 is 6.09 Å². The molecule has 8 nitrogen and oxygen atoms in total. The molecular weight excluding hydrogens is 489 g/mol. The van der Waals surface area contributed by atoms with Gasteiger partial charge in [-0.15, -0.1) is 0 Å². The van der Waals surface area contributed by atoms with Crippen molar-refractivity contribution < 1.29 is 27.9 Å². The van der Waals surface area contributed by atoms with Gasteiger partial charge in [0.2, 0.25) is 0 Å². The second-order valence-electron chi connectivity index (χ2n) is 10.7. The van der Waals surface area contributed by atoms with Crippen LogP contribution in [0.25, 0.3) is 11.0 Å². The Labute approximate surface area is 221 Å². The smallest absolute Gasteiger partial charge is 0.410 e. The number of hydrogen-bond acceptors (Lipinski definition) is 7. The molecule has 1 saturated heterocycles. The van der Waals surface area contributed by atoms with Gasteiger partial charge in [-0.05, 0) is 94.8 Å². The van der Waals surface area contributed by atoms with Crippen molar-refractivity contribution in [2.75, 3.05) is 26.2 Å². The number of carbonyl (C=O) groups is 1. The van der Waals surface area contributed by atoms with E-state index >= 15 is 0 Å². The van der Waals surface area contributed by atoms with Gasteiger partial charge in [0, 0.05) is 23.4 Å². The summed E-state index contributed by atoms with van der Waals surface area (Å²) >= 11 is 0. The first-order valence-electron chi connectivity index (χ1n) is 13.7. The molecule has 2 aromatic carbocycles. The van der Waals surface area contributed by atoms with Crippen LogP contribution in [-0.2, 0) is 4.74 Å². The van der Waals surface area contributed by atoms with Gasteiger partial charge in [0.05, 0.1) is 5.69 Å². The van der Waals surface area contributed by atoms with Crippen LogP contribution in [0.1, 0.15) is 56.6 Å². The van der Waals surface area contributed by atoms with Gasteiger partial charge in [0.15, 0.2) is 23.7 Å². The number of hydrogen-bond donors (Lipinski definition) is 1. The van der Waals surface area contributed by atoms with Gasteiger partial charge in [-0.1, -0.05) is 17.3 Å². The lowest BCUT2D eigenvalue weighted by Gasteiger charge is -2.34. The molecule has 0 spiro atoms. The van der Waals surface area contributed by atoms with Gasteiger partial charge < -0.3 is 29.0 Å². The summed E-state index contributed by atoms with van der Waals surface area (Å²) in [5.41, 5.74) is 1.50. The van der Waals surface area contributed by atoms with Crippen molar-refractivity contribution in [3.63, 3.8) is 0 Å². The van der Waals surface area contributed by atoms with E-state index in [1.165, 1.54) is 18.6 Å². The Kier molecular flexibility index (Phi) is 7.35. The van der Waals surface area contributed by atoms with Crippen LogP contribution < -0.4 is 14.8 Å². The molecule has 1 aromatic heterocycles. The third kappa shape index (κ3) is 5.72. The van der Waals surface area contributed by atoms with Crippen molar-refractivity contribution >= 4 is 17.1 Å². The molecule has 0 radical (unpaired) electrons. The van der Waals surface area contributed by atoms with Crippen molar-refractivity contribution in [2.24, 2.45) is 5.92 Å². The Balaban J connectivity index is 0.885. The first-order valence-corrected chi connectivity index (χ1v) is 13.7. The van der Waals surface area contributed by atoms with Crippen LogP contribution in [0.2, 0.25) is 0 Å². The molecule has 1 atom stereocenters. The molecule has 1 saturated carbocycles. The number of carbonyl (C=O) groups excluding carboxylic acids is 1. The molecule has 9 heteroatoms. The number of nitrogens with one attached hydrogen (secondary N) is 1. The Bertz CT molecular complexity index is 1250. The maximum atomic E-state index is 13.5. The van der Waals surface area contributed by atoms with Gasteiger partial charge in [-0.2, -0.15) is 0 Å². The van der Waals surface area contributed by atoms with E-state index in [9.17, 15) is 9.18 Å². The average molecular weight is 524 g/mol. The molecule has 2 fully saturated rings. The fraction of sp³-hybridized carbons (Fsp3) is 0.517. The zero-order valence-electron chi connectivity index (χ0n) is 21.4. The summed E-state index contributed by atoms with van der Waals surface area (Å²) in [5, 5.41) is 8.20. The Morgan fingerprint density at radius 2 is 1.84 bits per heavy atom. The van der Waals surface area contributed by atoms with Crippen LogP contribution in [0.3, 0.4) is 0 Å². The Morgan fingerprint density at radius 3 is 2.66 bits per heavy atom. The Morgan fingerprint density at radius 1 is 1.05 bits per heavy atom. The fourth-order valence-electron chi connectivity index (χ4n) is 5.99. The van der Waals surface area contributed by atoms with E-state index < -0.39 is 12.4 Å². The number of para-hydroxylation sites is 2. The van der Waals surface area contributed by atoms with Crippen molar-refractivity contribution in [3.8, 4) is 11.5 Å². The van der Waals surface area contributed by atoms with Crippen LogP contribution in [-0.4, -0.2) is 54.7 Å². The second kappa shape index (κ2) is 11.2. The van der Waals surface area contributed by atoms with Crippen molar-refractivity contribution in [1.29, 1.82) is 0 Å². The monoisotopic (exact) mass is 523 g/mol. The molecule has 2 aliphatic heterocycles. The summed E-state index contributed by atoms with van der Waals surface area (Å²) in [6.45, 7) is 3.37. The maximum absolute atomic E-state index is 13.5. The SMILES string of the molecule is O=C(N[C@H]1CC[C@H](CCN2CCC(c3noc4cc(F)ccc34)CC2)CC1)OC1COc2ccccc2O1. The van der Waals surface area contributed by atoms with Crippen LogP contribution in [0.15, 0.2) is 47.0 Å². The highest BCUT2D eigenvalue weighted by Crippen LogP contribution is 2.34. The highest BCUT2D eigenvalue weighted by atomic mass is 19.1. The minimum absolute atomic E-state index is 0.136. The molecule has 0 bridgehead atoms. The molecule has 3 aliphatic rings. The van der Waals surface area contributed by atoms with Crippen molar-refractivity contribution in [1.82, 2.24) is 15.4 Å². The maximum Gasteiger partial charge on any atom is 0.410 e. The largest absolute Gasteiger partial charge is 0.482 e. The number of nitrogens with zero attached hydrogens (tertiary/aromatic N) is 2. The number of benzene rings is 2. The molecule has 6 rings (SSSR count). The highest BCUT2D eigenvalue weighted by Gasteiger charge is 2.29. The van der Waals surface area contributed by atoms with Gasteiger partial charge in [0.25, 0.3) is 6.29 Å². The summed E-state index contributed by atoms with van der Waals surface area (Å²) < 4.78 is 35.6. The standard InChI is InChI=1S/C29H34FN3O5/c30-21-7-10-23-26(17-21)38-32-28(23)20-12-15-33(16-13-20)14-11-19-5-8-22(9-6-19)31-29(34)37-27-18-35-24-3-1-2-4-25(24)36-27/h1-4,7,10,17,19-20,22,27H,5-6,8-9,11-16,18H2,(H,31,34)/t19-,22-,27?. The van der Waals surface area contributed by atoms with E-state index in [1.54, 1.807) is 12.1 Å². The number of halogens is 1. The zero-order chi connectivity index (χ0) is 25.9. The number of ether oxygens (including phenoxy) is 3. The molecule has 1 amide bonds. The third-order valence-corrected chi connectivity index (χ3v) is 8.18. The summed E-state index contributed by atoms with van der Waals surface area (Å²) in [6, 6.07) is 12.2. The lowest BCUT2D eigenvalue weighted by Crippen LogP contribution is -2.42. The lowest BCUT2D eigenvalue weighted by atomic mass is 9.84. The Hall–Kier alpha value is -3.33. The van der Waals surface area contributed by atoms with Crippen LogP contribution in [0.4, 0.5) is 9.18 Å². The molecular formula is C29H34FN3O5. The molecule has 3 heterocycles. The third-order valence-electron chi connectivity index (χ3n) is 8.18. The molecule has 1 aliphatic carbocycles. The minimum atomic E-state index is -0.739. The van der Waals surface area contributed by atoms with Crippen molar-refractivity contribution in [2.45, 2.75) is 63.2 Å². The fourth-order valence-corrected chi connectivity index (χ4v) is 5.99. The summed E-state index contributed by atoms with van der Waals surface area (Å²) in [4.78, 5) is 14.9. The van der Waals surface area contributed by atoms with Crippen molar-refractivity contribution in [3.05, 3.63) is 54.0 Å². The van der Waals surface area contributed by atoms with Gasteiger partial charge in [-0.25, -0.2) is 9.18 Å². The van der Waals surface area contributed by atoms with E-state index in [4.69, 9.17) is 18.7 Å². The van der Waals surface area contributed by atoms with E-state index in [0.717, 1.165) is 69.2 Å². The lowest BCUT2D eigenvalue weighted by molar-refractivity contribution is -0.0757. The first kappa shape index (κ1) is 25.0. The topological polar surface area (TPSA) is 86.1 Å². The second-order valence-corrected chi connectivity index (χ2v) is 10.7. The number of alkyl carbamates (subject to hydrolysis) is 1.